The Morgan fingerprint density at radius 3 is 1.81 bits per heavy atom. The van der Waals surface area contributed by atoms with Gasteiger partial charge >= 0.3 is 18.3 Å². The summed E-state index contributed by atoms with van der Waals surface area (Å²) in [7, 11) is 0.801. The van der Waals surface area contributed by atoms with E-state index in [1.54, 1.807) is 0 Å². The molecule has 0 N–H and O–H groups in total. The van der Waals surface area contributed by atoms with Crippen molar-refractivity contribution in [3.63, 3.8) is 0 Å². The molecular weight excluding hydrogens is 304 g/mol. The highest BCUT2D eigenvalue weighted by molar-refractivity contribution is 5.90. The van der Waals surface area contributed by atoms with Crippen LogP contribution in [0.25, 0.3) is 0 Å². The maximum Gasteiger partial charge on any atom is 0.419 e. The SMILES string of the molecule is COC(=O)c1c(C(F)(F)F)c(C(F)(F)F)cn1C(C)(C)C. The Kier molecular flexibility index (Phi) is 4.10. The number of alkyl halides is 6. The second-order valence-electron chi connectivity index (χ2n) is 5.29. The fourth-order valence-electron chi connectivity index (χ4n) is 1.83. The van der Waals surface area contributed by atoms with Crippen LogP contribution in [0.4, 0.5) is 26.3 Å². The van der Waals surface area contributed by atoms with Crippen LogP contribution in [0.1, 0.15) is 42.4 Å². The molecule has 0 saturated heterocycles. The van der Waals surface area contributed by atoms with E-state index in [2.05, 4.69) is 4.74 Å². The van der Waals surface area contributed by atoms with Gasteiger partial charge in [-0.15, -0.1) is 0 Å². The highest BCUT2D eigenvalue weighted by Gasteiger charge is 2.49. The van der Waals surface area contributed by atoms with Gasteiger partial charge in [0.05, 0.1) is 12.7 Å². The molecule has 0 fully saturated rings. The zero-order valence-corrected chi connectivity index (χ0v) is 11.6. The van der Waals surface area contributed by atoms with Crippen LogP contribution in [0, 0.1) is 0 Å². The molecule has 0 aromatic carbocycles. The van der Waals surface area contributed by atoms with Gasteiger partial charge in [-0.25, -0.2) is 4.79 Å². The van der Waals surface area contributed by atoms with Crippen molar-refractivity contribution in [2.24, 2.45) is 0 Å². The van der Waals surface area contributed by atoms with Crippen LogP contribution in [-0.2, 0) is 22.6 Å². The first-order valence-corrected chi connectivity index (χ1v) is 5.69. The van der Waals surface area contributed by atoms with Crippen molar-refractivity contribution in [3.05, 3.63) is 23.0 Å². The van der Waals surface area contributed by atoms with Crippen LogP contribution in [0.2, 0.25) is 0 Å². The predicted molar refractivity (Wildman–Crippen MR) is 60.8 cm³/mol. The van der Waals surface area contributed by atoms with Gasteiger partial charge in [0.1, 0.15) is 11.3 Å². The average Bonchev–Trinajstić information content (AvgIpc) is 2.66. The van der Waals surface area contributed by atoms with E-state index < -0.39 is 40.7 Å². The van der Waals surface area contributed by atoms with Gasteiger partial charge in [-0.05, 0) is 20.8 Å². The summed E-state index contributed by atoms with van der Waals surface area (Å²) >= 11 is 0. The molecule has 1 aromatic rings. The number of halogens is 6. The number of hydrogen-bond acceptors (Lipinski definition) is 2. The monoisotopic (exact) mass is 317 g/mol. The Morgan fingerprint density at radius 1 is 1.05 bits per heavy atom. The molecule has 0 radical (unpaired) electrons. The van der Waals surface area contributed by atoms with E-state index >= 15 is 0 Å². The van der Waals surface area contributed by atoms with E-state index in [-0.39, 0.29) is 6.20 Å². The Bertz CT molecular complexity index is 548. The number of ether oxygens (including phenoxy) is 1. The summed E-state index contributed by atoms with van der Waals surface area (Å²) in [4.78, 5) is 11.6. The van der Waals surface area contributed by atoms with E-state index in [1.165, 1.54) is 20.8 Å². The molecule has 0 aliphatic rings. The molecule has 0 aliphatic carbocycles. The lowest BCUT2D eigenvalue weighted by Gasteiger charge is -2.24. The molecule has 0 atom stereocenters. The minimum absolute atomic E-state index is 0.287. The summed E-state index contributed by atoms with van der Waals surface area (Å²) < 4.78 is 82.5. The number of carbonyl (C=O) groups is 1. The Morgan fingerprint density at radius 2 is 1.52 bits per heavy atom. The minimum atomic E-state index is -5.34. The standard InChI is InChI=1S/C12H13F6NO2/c1-10(2,3)19-5-6(11(13,14)15)7(12(16,17)18)8(19)9(20)21-4/h5H,1-4H3. The van der Waals surface area contributed by atoms with Crippen molar-refractivity contribution < 1.29 is 35.9 Å². The quantitative estimate of drug-likeness (QED) is 0.577. The van der Waals surface area contributed by atoms with Crippen LogP contribution in [0.15, 0.2) is 6.20 Å². The van der Waals surface area contributed by atoms with Crippen LogP contribution in [0.3, 0.4) is 0 Å². The summed E-state index contributed by atoms with van der Waals surface area (Å²) in [6.45, 7) is 4.12. The number of carbonyl (C=O) groups excluding carboxylic acids is 1. The molecule has 0 spiro atoms. The number of hydrogen-bond donors (Lipinski definition) is 0. The van der Waals surface area contributed by atoms with Crippen molar-refractivity contribution >= 4 is 5.97 Å². The normalized spacial score (nSPS) is 13.4. The lowest BCUT2D eigenvalue weighted by atomic mass is 10.1. The number of nitrogens with zero attached hydrogens (tertiary/aromatic N) is 1. The molecule has 0 unspecified atom stereocenters. The molecule has 1 aromatic heterocycles. The highest BCUT2D eigenvalue weighted by Crippen LogP contribution is 2.44. The van der Waals surface area contributed by atoms with E-state index in [0.717, 1.165) is 7.11 Å². The first-order valence-electron chi connectivity index (χ1n) is 5.69. The van der Waals surface area contributed by atoms with E-state index in [9.17, 15) is 31.1 Å². The van der Waals surface area contributed by atoms with Crippen LogP contribution < -0.4 is 0 Å². The number of esters is 1. The Labute approximate surface area is 116 Å². The van der Waals surface area contributed by atoms with E-state index in [0.29, 0.717) is 4.57 Å². The number of rotatable bonds is 1. The average molecular weight is 317 g/mol. The van der Waals surface area contributed by atoms with Gasteiger partial charge in [0.2, 0.25) is 0 Å². The van der Waals surface area contributed by atoms with Gasteiger partial charge in [-0.2, -0.15) is 26.3 Å². The summed E-state index contributed by atoms with van der Waals surface area (Å²) in [5.74, 6) is -1.48. The zero-order valence-electron chi connectivity index (χ0n) is 11.6. The second kappa shape index (κ2) is 4.96. The van der Waals surface area contributed by atoms with Crippen molar-refractivity contribution in [2.75, 3.05) is 7.11 Å². The summed E-state index contributed by atoms with van der Waals surface area (Å²) in [6, 6.07) is 0. The molecule has 3 nitrogen and oxygen atoms in total. The Balaban J connectivity index is 3.87. The van der Waals surface area contributed by atoms with Gasteiger partial charge in [-0.3, -0.25) is 0 Å². The molecular formula is C12H13F6NO2. The fraction of sp³-hybridized carbons (Fsp3) is 0.583. The first-order chi connectivity index (χ1) is 9.21. The molecule has 9 heteroatoms. The first kappa shape index (κ1) is 17.4. The maximum atomic E-state index is 13.0. The largest absolute Gasteiger partial charge is 0.464 e. The van der Waals surface area contributed by atoms with Gasteiger partial charge in [0.15, 0.2) is 0 Å². The third kappa shape index (κ3) is 3.33. The van der Waals surface area contributed by atoms with Crippen molar-refractivity contribution in [3.8, 4) is 0 Å². The number of aromatic nitrogens is 1. The van der Waals surface area contributed by atoms with Gasteiger partial charge in [-0.1, -0.05) is 0 Å². The molecule has 21 heavy (non-hydrogen) atoms. The molecule has 0 aliphatic heterocycles. The van der Waals surface area contributed by atoms with Gasteiger partial charge in [0.25, 0.3) is 0 Å². The molecule has 120 valence electrons. The summed E-state index contributed by atoms with van der Waals surface area (Å²) in [5, 5.41) is 0. The lowest BCUT2D eigenvalue weighted by Crippen LogP contribution is -2.27. The molecule has 1 heterocycles. The van der Waals surface area contributed by atoms with Gasteiger partial charge in [0, 0.05) is 11.7 Å². The van der Waals surface area contributed by atoms with Crippen LogP contribution in [0.5, 0.6) is 0 Å². The second-order valence-corrected chi connectivity index (χ2v) is 5.29. The lowest BCUT2D eigenvalue weighted by molar-refractivity contribution is -0.161. The van der Waals surface area contributed by atoms with E-state index in [4.69, 9.17) is 0 Å². The third-order valence-electron chi connectivity index (χ3n) is 2.70. The summed E-state index contributed by atoms with van der Waals surface area (Å²) in [6.07, 6.45) is -10.3. The van der Waals surface area contributed by atoms with Gasteiger partial charge < -0.3 is 9.30 Å². The Hall–Kier alpha value is -1.67. The maximum absolute atomic E-state index is 13.0. The molecule has 0 amide bonds. The third-order valence-corrected chi connectivity index (χ3v) is 2.70. The zero-order chi connectivity index (χ0) is 16.8. The predicted octanol–water partition coefficient (Wildman–Crippen LogP) is 4.07. The van der Waals surface area contributed by atoms with E-state index in [1.807, 2.05) is 0 Å². The highest BCUT2D eigenvalue weighted by atomic mass is 19.4. The molecule has 0 bridgehead atoms. The topological polar surface area (TPSA) is 31.2 Å². The minimum Gasteiger partial charge on any atom is -0.464 e. The van der Waals surface area contributed by atoms with Crippen LogP contribution in [-0.4, -0.2) is 17.6 Å². The molecule has 0 saturated carbocycles. The van der Waals surface area contributed by atoms with Crippen molar-refractivity contribution in [1.29, 1.82) is 0 Å². The van der Waals surface area contributed by atoms with Crippen molar-refractivity contribution in [2.45, 2.75) is 38.7 Å². The smallest absolute Gasteiger partial charge is 0.419 e. The number of methoxy groups -OCH3 is 1. The fourth-order valence-corrected chi connectivity index (χ4v) is 1.83. The summed E-state index contributed by atoms with van der Waals surface area (Å²) in [5.41, 5.74) is -6.28. The van der Waals surface area contributed by atoms with Crippen molar-refractivity contribution in [1.82, 2.24) is 4.57 Å². The van der Waals surface area contributed by atoms with Crippen LogP contribution >= 0.6 is 0 Å². The molecule has 1 rings (SSSR count).